The number of nitrogens with one attached hydrogen (secondary N) is 1. The Morgan fingerprint density at radius 3 is 2.65 bits per heavy atom. The van der Waals surface area contributed by atoms with Crippen LogP contribution in [-0.4, -0.2) is 77.7 Å². The SMILES string of the molecule is Cc1cc(C)c(C(=O)N2CCCC(N3CCN(Cc4ccc5c(c4)OCO5)CC3)C2)[nH]1. The summed E-state index contributed by atoms with van der Waals surface area (Å²) in [4.78, 5) is 23.4. The number of aryl methyl sites for hydroxylation is 2. The van der Waals surface area contributed by atoms with Crippen LogP contribution in [0.2, 0.25) is 0 Å². The number of carbonyl (C=O) groups is 1. The van der Waals surface area contributed by atoms with Gasteiger partial charge in [0.15, 0.2) is 11.5 Å². The zero-order valence-electron chi connectivity index (χ0n) is 18.5. The van der Waals surface area contributed by atoms with Gasteiger partial charge in [0.2, 0.25) is 6.79 Å². The summed E-state index contributed by atoms with van der Waals surface area (Å²) in [5.74, 6) is 1.85. The van der Waals surface area contributed by atoms with E-state index >= 15 is 0 Å². The number of fused-ring (bicyclic) bond motifs is 1. The van der Waals surface area contributed by atoms with Gasteiger partial charge in [-0.1, -0.05) is 6.07 Å². The summed E-state index contributed by atoms with van der Waals surface area (Å²) in [7, 11) is 0. The number of H-pyrrole nitrogens is 1. The molecule has 1 atom stereocenters. The number of aromatic nitrogens is 1. The molecule has 7 heteroatoms. The van der Waals surface area contributed by atoms with Crippen molar-refractivity contribution in [3.05, 3.63) is 46.8 Å². The Bertz CT molecular complexity index is 948. The van der Waals surface area contributed by atoms with Crippen LogP contribution in [0.15, 0.2) is 24.3 Å². The summed E-state index contributed by atoms with van der Waals surface area (Å²) >= 11 is 0. The average Bonchev–Trinajstić information content (AvgIpc) is 3.39. The van der Waals surface area contributed by atoms with Crippen LogP contribution in [-0.2, 0) is 6.54 Å². The van der Waals surface area contributed by atoms with Gasteiger partial charge in [-0.05, 0) is 56.0 Å². The number of rotatable bonds is 4. The van der Waals surface area contributed by atoms with Gasteiger partial charge in [0, 0.05) is 57.5 Å². The predicted octanol–water partition coefficient (Wildman–Crippen LogP) is 2.78. The number of benzene rings is 1. The molecule has 4 heterocycles. The van der Waals surface area contributed by atoms with Gasteiger partial charge in [-0.15, -0.1) is 0 Å². The fourth-order valence-corrected chi connectivity index (χ4v) is 5.13. The topological polar surface area (TPSA) is 61.0 Å². The maximum absolute atomic E-state index is 13.0. The zero-order chi connectivity index (χ0) is 21.4. The quantitative estimate of drug-likeness (QED) is 0.818. The lowest BCUT2D eigenvalue weighted by molar-refractivity contribution is 0.0404. The van der Waals surface area contributed by atoms with Gasteiger partial charge in [-0.25, -0.2) is 0 Å². The van der Waals surface area contributed by atoms with E-state index in [4.69, 9.17) is 9.47 Å². The molecule has 2 aromatic rings. The Morgan fingerprint density at radius 1 is 1.06 bits per heavy atom. The highest BCUT2D eigenvalue weighted by atomic mass is 16.7. The molecule has 0 aliphatic carbocycles. The molecule has 1 unspecified atom stereocenters. The first-order valence-corrected chi connectivity index (χ1v) is 11.4. The highest BCUT2D eigenvalue weighted by Gasteiger charge is 2.31. The normalized spacial score (nSPS) is 22.1. The Hall–Kier alpha value is -2.51. The summed E-state index contributed by atoms with van der Waals surface area (Å²) in [6.07, 6.45) is 2.25. The fourth-order valence-electron chi connectivity index (χ4n) is 5.13. The van der Waals surface area contributed by atoms with Crippen molar-refractivity contribution in [2.24, 2.45) is 0 Å². The predicted molar refractivity (Wildman–Crippen MR) is 119 cm³/mol. The lowest BCUT2D eigenvalue weighted by Crippen LogP contribution is -2.55. The lowest BCUT2D eigenvalue weighted by Gasteiger charge is -2.43. The molecule has 1 aromatic heterocycles. The number of piperidine rings is 1. The van der Waals surface area contributed by atoms with Crippen molar-refractivity contribution in [2.45, 2.75) is 39.3 Å². The molecule has 5 rings (SSSR count). The smallest absolute Gasteiger partial charge is 0.270 e. The van der Waals surface area contributed by atoms with E-state index in [-0.39, 0.29) is 5.91 Å². The Kier molecular flexibility index (Phi) is 5.63. The van der Waals surface area contributed by atoms with Crippen molar-refractivity contribution in [1.82, 2.24) is 19.7 Å². The summed E-state index contributed by atoms with van der Waals surface area (Å²) in [5.41, 5.74) is 4.12. The molecule has 166 valence electrons. The minimum atomic E-state index is 0.150. The lowest BCUT2D eigenvalue weighted by atomic mass is 10.0. The number of aromatic amines is 1. The van der Waals surface area contributed by atoms with Crippen molar-refractivity contribution < 1.29 is 14.3 Å². The average molecular weight is 425 g/mol. The van der Waals surface area contributed by atoms with Crippen molar-refractivity contribution >= 4 is 5.91 Å². The third-order valence-corrected chi connectivity index (χ3v) is 6.81. The molecule has 7 nitrogen and oxygen atoms in total. The molecule has 31 heavy (non-hydrogen) atoms. The first kappa shape index (κ1) is 20.4. The molecule has 0 saturated carbocycles. The maximum Gasteiger partial charge on any atom is 0.270 e. The van der Waals surface area contributed by atoms with Gasteiger partial charge < -0.3 is 19.4 Å². The van der Waals surface area contributed by atoms with Gasteiger partial charge in [-0.3, -0.25) is 14.6 Å². The van der Waals surface area contributed by atoms with Gasteiger partial charge >= 0.3 is 0 Å². The summed E-state index contributed by atoms with van der Waals surface area (Å²) in [5, 5.41) is 0. The second-order valence-corrected chi connectivity index (χ2v) is 9.06. The first-order valence-electron chi connectivity index (χ1n) is 11.4. The molecule has 1 aromatic carbocycles. The monoisotopic (exact) mass is 424 g/mol. The number of hydrogen-bond acceptors (Lipinski definition) is 5. The van der Waals surface area contributed by atoms with Crippen molar-refractivity contribution in [2.75, 3.05) is 46.1 Å². The zero-order valence-corrected chi connectivity index (χ0v) is 18.5. The van der Waals surface area contributed by atoms with Crippen molar-refractivity contribution in [3.63, 3.8) is 0 Å². The largest absolute Gasteiger partial charge is 0.454 e. The molecule has 3 aliphatic rings. The minimum Gasteiger partial charge on any atom is -0.454 e. The Labute approximate surface area is 183 Å². The van der Waals surface area contributed by atoms with Gasteiger partial charge in [0.05, 0.1) is 0 Å². The van der Waals surface area contributed by atoms with Crippen LogP contribution in [0.1, 0.15) is 40.2 Å². The molecular formula is C24H32N4O3. The minimum absolute atomic E-state index is 0.150. The summed E-state index contributed by atoms with van der Waals surface area (Å²) < 4.78 is 10.9. The Balaban J connectivity index is 1.15. The van der Waals surface area contributed by atoms with Gasteiger partial charge in [0.25, 0.3) is 5.91 Å². The second kappa shape index (κ2) is 8.55. The third kappa shape index (κ3) is 4.29. The molecule has 1 amide bonds. The number of ether oxygens (including phenoxy) is 2. The van der Waals surface area contributed by atoms with Gasteiger partial charge in [0.1, 0.15) is 5.69 Å². The highest BCUT2D eigenvalue weighted by molar-refractivity contribution is 5.94. The molecular weight excluding hydrogens is 392 g/mol. The van der Waals surface area contributed by atoms with E-state index in [9.17, 15) is 4.79 Å². The number of likely N-dealkylation sites (tertiary alicyclic amines) is 1. The fraction of sp³-hybridized carbons (Fsp3) is 0.542. The van der Waals surface area contributed by atoms with Crippen LogP contribution in [0.3, 0.4) is 0 Å². The number of nitrogens with zero attached hydrogens (tertiary/aromatic N) is 3. The van der Waals surface area contributed by atoms with E-state index in [0.29, 0.717) is 12.8 Å². The molecule has 2 saturated heterocycles. The van der Waals surface area contributed by atoms with Gasteiger partial charge in [-0.2, -0.15) is 0 Å². The van der Waals surface area contributed by atoms with E-state index in [0.717, 1.165) is 80.7 Å². The van der Waals surface area contributed by atoms with E-state index in [1.165, 1.54) is 12.0 Å². The number of carbonyl (C=O) groups excluding carboxylic acids is 1. The Morgan fingerprint density at radius 2 is 1.87 bits per heavy atom. The first-order chi connectivity index (χ1) is 15.1. The van der Waals surface area contributed by atoms with Crippen molar-refractivity contribution in [3.8, 4) is 11.5 Å². The molecule has 0 radical (unpaired) electrons. The van der Waals surface area contributed by atoms with Crippen LogP contribution in [0.4, 0.5) is 0 Å². The maximum atomic E-state index is 13.0. The van der Waals surface area contributed by atoms with Crippen LogP contribution >= 0.6 is 0 Å². The van der Waals surface area contributed by atoms with E-state index in [2.05, 4.69) is 26.9 Å². The number of hydrogen-bond donors (Lipinski definition) is 1. The molecule has 0 bridgehead atoms. The standard InChI is InChI=1S/C24H32N4O3/c1-17-12-18(2)25-23(17)24(29)28-7-3-4-20(15-28)27-10-8-26(9-11-27)14-19-5-6-21-22(13-19)31-16-30-21/h5-6,12-13,20,25H,3-4,7-11,14-16H2,1-2H3. The molecule has 3 aliphatic heterocycles. The molecule has 0 spiro atoms. The molecule has 2 fully saturated rings. The van der Waals surface area contributed by atoms with Crippen LogP contribution in [0.25, 0.3) is 0 Å². The van der Waals surface area contributed by atoms with E-state index < -0.39 is 0 Å². The van der Waals surface area contributed by atoms with E-state index in [1.54, 1.807) is 0 Å². The molecule has 1 N–H and O–H groups in total. The third-order valence-electron chi connectivity index (χ3n) is 6.81. The van der Waals surface area contributed by atoms with E-state index in [1.807, 2.05) is 30.9 Å². The van der Waals surface area contributed by atoms with Crippen LogP contribution in [0, 0.1) is 13.8 Å². The van der Waals surface area contributed by atoms with Crippen LogP contribution in [0.5, 0.6) is 11.5 Å². The van der Waals surface area contributed by atoms with Crippen LogP contribution < -0.4 is 9.47 Å². The number of piperazine rings is 1. The number of amides is 1. The summed E-state index contributed by atoms with van der Waals surface area (Å²) in [6.45, 7) is 11.2. The van der Waals surface area contributed by atoms with Crippen molar-refractivity contribution in [1.29, 1.82) is 0 Å². The summed E-state index contributed by atoms with van der Waals surface area (Å²) in [6, 6.07) is 8.75. The second-order valence-electron chi connectivity index (χ2n) is 9.06. The highest BCUT2D eigenvalue weighted by Crippen LogP contribution is 2.33.